The van der Waals surface area contributed by atoms with Gasteiger partial charge in [0.05, 0.1) is 6.20 Å². The van der Waals surface area contributed by atoms with E-state index in [-0.39, 0.29) is 5.95 Å². The standard InChI is InChI=1S/C5H5N5/c6-5-8-3-4-7-1-2-10(4)9-5/h1-3H,(H2,6,9). The van der Waals surface area contributed by atoms with E-state index < -0.39 is 0 Å². The zero-order valence-corrected chi connectivity index (χ0v) is 5.10. The van der Waals surface area contributed by atoms with Gasteiger partial charge in [-0.3, -0.25) is 0 Å². The van der Waals surface area contributed by atoms with Gasteiger partial charge in [0.25, 0.3) is 0 Å². The van der Waals surface area contributed by atoms with E-state index in [1.54, 1.807) is 23.1 Å². The Labute approximate surface area is 56.5 Å². The molecule has 5 heteroatoms. The molecule has 0 aromatic carbocycles. The number of nitrogen functional groups attached to an aromatic ring is 1. The summed E-state index contributed by atoms with van der Waals surface area (Å²) in [5, 5.41) is 3.86. The van der Waals surface area contributed by atoms with Gasteiger partial charge in [0.15, 0.2) is 5.65 Å². The molecule has 2 aromatic rings. The maximum atomic E-state index is 5.31. The number of nitrogens with zero attached hydrogens (tertiary/aromatic N) is 4. The number of aromatic nitrogens is 4. The van der Waals surface area contributed by atoms with Crippen LogP contribution < -0.4 is 5.73 Å². The Balaban J connectivity index is 2.86. The quantitative estimate of drug-likeness (QED) is 0.538. The van der Waals surface area contributed by atoms with Crippen LogP contribution in [-0.2, 0) is 0 Å². The van der Waals surface area contributed by atoms with Gasteiger partial charge in [-0.1, -0.05) is 0 Å². The van der Waals surface area contributed by atoms with Gasteiger partial charge in [0.1, 0.15) is 0 Å². The van der Waals surface area contributed by atoms with E-state index in [2.05, 4.69) is 15.1 Å². The first kappa shape index (κ1) is 5.16. The molecule has 0 bridgehead atoms. The molecule has 0 atom stereocenters. The molecule has 2 rings (SSSR count). The molecular formula is C5H5N5. The molecule has 0 saturated carbocycles. The number of fused-ring (bicyclic) bond motifs is 1. The summed E-state index contributed by atoms with van der Waals surface area (Å²) < 4.78 is 1.57. The highest BCUT2D eigenvalue weighted by Crippen LogP contribution is 1.95. The predicted molar refractivity (Wildman–Crippen MR) is 35.2 cm³/mol. The van der Waals surface area contributed by atoms with E-state index >= 15 is 0 Å². The van der Waals surface area contributed by atoms with Gasteiger partial charge in [0, 0.05) is 12.4 Å². The number of anilines is 1. The average Bonchev–Trinajstić information content (AvgIpc) is 2.33. The fraction of sp³-hybridized carbons (Fsp3) is 0. The molecule has 0 radical (unpaired) electrons. The highest BCUT2D eigenvalue weighted by Gasteiger charge is 1.93. The van der Waals surface area contributed by atoms with Crippen molar-refractivity contribution in [2.75, 3.05) is 5.73 Å². The van der Waals surface area contributed by atoms with Gasteiger partial charge < -0.3 is 5.73 Å². The smallest absolute Gasteiger partial charge is 0.238 e. The third kappa shape index (κ3) is 0.604. The molecule has 0 aliphatic rings. The molecule has 2 aromatic heterocycles. The van der Waals surface area contributed by atoms with E-state index in [1.165, 1.54) is 0 Å². The summed E-state index contributed by atoms with van der Waals surface area (Å²) in [6.45, 7) is 0. The molecule has 5 nitrogen and oxygen atoms in total. The summed E-state index contributed by atoms with van der Waals surface area (Å²) in [4.78, 5) is 7.71. The topological polar surface area (TPSA) is 69.1 Å². The van der Waals surface area contributed by atoms with Gasteiger partial charge >= 0.3 is 0 Å². The summed E-state index contributed by atoms with van der Waals surface area (Å²) in [5.74, 6) is 0.255. The Kier molecular flexibility index (Phi) is 0.858. The number of imidazole rings is 1. The van der Waals surface area contributed by atoms with Crippen LogP contribution in [0.3, 0.4) is 0 Å². The van der Waals surface area contributed by atoms with Crippen molar-refractivity contribution >= 4 is 11.6 Å². The van der Waals surface area contributed by atoms with Crippen LogP contribution in [0, 0.1) is 0 Å². The molecule has 0 saturated heterocycles. The average molecular weight is 135 g/mol. The summed E-state index contributed by atoms with van der Waals surface area (Å²) in [6.07, 6.45) is 4.93. The second-order valence-electron chi connectivity index (χ2n) is 1.85. The molecule has 0 spiro atoms. The molecule has 0 fully saturated rings. The minimum Gasteiger partial charge on any atom is -0.367 e. The van der Waals surface area contributed by atoms with Crippen molar-refractivity contribution in [3.05, 3.63) is 18.6 Å². The molecule has 0 aliphatic heterocycles. The summed E-state index contributed by atoms with van der Waals surface area (Å²) in [5.41, 5.74) is 6.02. The first-order valence-corrected chi connectivity index (χ1v) is 2.78. The van der Waals surface area contributed by atoms with Gasteiger partial charge in [-0.25, -0.2) is 14.5 Å². The molecule has 0 aliphatic carbocycles. The lowest BCUT2D eigenvalue weighted by atomic mass is 10.8. The van der Waals surface area contributed by atoms with Crippen LogP contribution in [0.4, 0.5) is 5.95 Å². The second-order valence-corrected chi connectivity index (χ2v) is 1.85. The summed E-state index contributed by atoms with van der Waals surface area (Å²) in [7, 11) is 0. The Morgan fingerprint density at radius 2 is 2.30 bits per heavy atom. The molecular weight excluding hydrogens is 130 g/mol. The van der Waals surface area contributed by atoms with Crippen LogP contribution in [0.2, 0.25) is 0 Å². The molecule has 0 amide bonds. The van der Waals surface area contributed by atoms with Crippen molar-refractivity contribution in [2.45, 2.75) is 0 Å². The Hall–Kier alpha value is -1.65. The molecule has 10 heavy (non-hydrogen) atoms. The van der Waals surface area contributed by atoms with Crippen LogP contribution in [-0.4, -0.2) is 19.6 Å². The SMILES string of the molecule is Nc1ncc2nccn2n1. The number of rotatable bonds is 0. The van der Waals surface area contributed by atoms with Gasteiger partial charge in [-0.05, 0) is 0 Å². The van der Waals surface area contributed by atoms with E-state index in [0.717, 1.165) is 0 Å². The highest BCUT2D eigenvalue weighted by molar-refractivity contribution is 5.34. The number of hydrogen-bond acceptors (Lipinski definition) is 4. The van der Waals surface area contributed by atoms with E-state index in [0.29, 0.717) is 5.65 Å². The largest absolute Gasteiger partial charge is 0.367 e. The Bertz CT molecular complexity index is 352. The fourth-order valence-corrected chi connectivity index (χ4v) is 0.745. The fourth-order valence-electron chi connectivity index (χ4n) is 0.745. The van der Waals surface area contributed by atoms with Crippen LogP contribution in [0.1, 0.15) is 0 Å². The van der Waals surface area contributed by atoms with Gasteiger partial charge in [0.2, 0.25) is 5.95 Å². The maximum absolute atomic E-state index is 5.31. The monoisotopic (exact) mass is 135 g/mol. The lowest BCUT2D eigenvalue weighted by Crippen LogP contribution is -1.99. The van der Waals surface area contributed by atoms with E-state index in [9.17, 15) is 0 Å². The van der Waals surface area contributed by atoms with Gasteiger partial charge in [-0.15, -0.1) is 5.10 Å². The van der Waals surface area contributed by atoms with Gasteiger partial charge in [-0.2, -0.15) is 0 Å². The Morgan fingerprint density at radius 3 is 3.20 bits per heavy atom. The van der Waals surface area contributed by atoms with Crippen LogP contribution in [0.5, 0.6) is 0 Å². The van der Waals surface area contributed by atoms with E-state index in [1.807, 2.05) is 0 Å². The predicted octanol–water partition coefficient (Wildman–Crippen LogP) is -0.294. The zero-order valence-electron chi connectivity index (χ0n) is 5.10. The van der Waals surface area contributed by atoms with Crippen LogP contribution in [0.25, 0.3) is 5.65 Å². The molecule has 50 valence electrons. The summed E-state index contributed by atoms with van der Waals surface area (Å²) >= 11 is 0. The lowest BCUT2D eigenvalue weighted by Gasteiger charge is -1.90. The minimum absolute atomic E-state index is 0.255. The second kappa shape index (κ2) is 1.66. The third-order valence-corrected chi connectivity index (χ3v) is 1.17. The van der Waals surface area contributed by atoms with Crippen molar-refractivity contribution in [3.63, 3.8) is 0 Å². The first-order chi connectivity index (χ1) is 4.86. The normalized spacial score (nSPS) is 10.4. The number of nitrogens with two attached hydrogens (primary N) is 1. The first-order valence-electron chi connectivity index (χ1n) is 2.78. The van der Waals surface area contributed by atoms with Crippen molar-refractivity contribution < 1.29 is 0 Å². The third-order valence-electron chi connectivity index (χ3n) is 1.17. The van der Waals surface area contributed by atoms with Crippen molar-refractivity contribution in [2.24, 2.45) is 0 Å². The molecule has 2 N–H and O–H groups in total. The zero-order chi connectivity index (χ0) is 6.97. The molecule has 2 heterocycles. The Morgan fingerprint density at radius 1 is 1.40 bits per heavy atom. The van der Waals surface area contributed by atoms with Crippen LogP contribution >= 0.6 is 0 Å². The maximum Gasteiger partial charge on any atom is 0.238 e. The number of hydrogen-bond donors (Lipinski definition) is 1. The van der Waals surface area contributed by atoms with Crippen molar-refractivity contribution in [1.82, 2.24) is 19.6 Å². The summed E-state index contributed by atoms with van der Waals surface area (Å²) in [6, 6.07) is 0. The minimum atomic E-state index is 0.255. The van der Waals surface area contributed by atoms with E-state index in [4.69, 9.17) is 5.73 Å². The molecule has 0 unspecified atom stereocenters. The van der Waals surface area contributed by atoms with Crippen LogP contribution in [0.15, 0.2) is 18.6 Å². The van der Waals surface area contributed by atoms with Crippen molar-refractivity contribution in [3.8, 4) is 0 Å². The highest BCUT2D eigenvalue weighted by atomic mass is 15.3. The lowest BCUT2D eigenvalue weighted by molar-refractivity contribution is 0.912. The van der Waals surface area contributed by atoms with Crippen molar-refractivity contribution in [1.29, 1.82) is 0 Å².